The Balaban J connectivity index is 1.52. The maximum Gasteiger partial charge on any atom is 0.309 e. The zero-order valence-corrected chi connectivity index (χ0v) is 21.5. The van der Waals surface area contributed by atoms with Gasteiger partial charge >= 0.3 is 5.97 Å². The lowest BCUT2D eigenvalue weighted by molar-refractivity contribution is -0.147. The van der Waals surface area contributed by atoms with E-state index < -0.39 is 23.0 Å². The smallest absolute Gasteiger partial charge is 0.309 e. The number of aliphatic carboxylic acids is 1. The molecule has 7 heteroatoms. The first-order valence-electron chi connectivity index (χ1n) is 12.7. The molecule has 0 unspecified atom stereocenters. The lowest BCUT2D eigenvalue weighted by Gasteiger charge is -2.23. The number of hydrogen-bond donors (Lipinski definition) is 2. The number of carbonyl (C=O) groups excluding carboxylic acids is 1. The highest BCUT2D eigenvalue weighted by Crippen LogP contribution is 2.36. The Labute approximate surface area is 216 Å². The van der Waals surface area contributed by atoms with Gasteiger partial charge in [0.1, 0.15) is 0 Å². The molecule has 1 heterocycles. The van der Waals surface area contributed by atoms with Crippen molar-refractivity contribution in [3.63, 3.8) is 0 Å². The summed E-state index contributed by atoms with van der Waals surface area (Å²) in [5, 5.41) is 15.2. The van der Waals surface area contributed by atoms with Crippen LogP contribution in [0.15, 0.2) is 60.7 Å². The van der Waals surface area contributed by atoms with Crippen LogP contribution in [0.1, 0.15) is 56.7 Å². The van der Waals surface area contributed by atoms with Crippen LogP contribution in [0, 0.1) is 23.0 Å². The molecule has 0 aliphatic carbocycles. The van der Waals surface area contributed by atoms with Crippen molar-refractivity contribution < 1.29 is 23.5 Å². The van der Waals surface area contributed by atoms with Gasteiger partial charge in [-0.05, 0) is 61.1 Å². The van der Waals surface area contributed by atoms with E-state index >= 15 is 0 Å². The molecule has 3 aromatic carbocycles. The molecule has 0 radical (unpaired) electrons. The Morgan fingerprint density at radius 2 is 1.76 bits per heavy atom. The lowest BCUT2D eigenvalue weighted by atomic mass is 9.88. The Bertz CT molecular complexity index is 1290. The van der Waals surface area contributed by atoms with Crippen LogP contribution in [-0.2, 0) is 9.59 Å². The molecule has 1 aliphatic heterocycles. The zero-order valence-electron chi connectivity index (χ0n) is 21.5. The van der Waals surface area contributed by atoms with Crippen LogP contribution >= 0.6 is 0 Å². The van der Waals surface area contributed by atoms with E-state index in [4.69, 9.17) is 0 Å². The molecular formula is C30H34F2N2O3. The highest BCUT2D eigenvalue weighted by molar-refractivity contribution is 5.86. The van der Waals surface area contributed by atoms with E-state index in [9.17, 15) is 23.5 Å². The van der Waals surface area contributed by atoms with Crippen LogP contribution in [-0.4, -0.2) is 41.5 Å². The minimum atomic E-state index is -1.02. The van der Waals surface area contributed by atoms with E-state index in [0.717, 1.165) is 22.4 Å². The summed E-state index contributed by atoms with van der Waals surface area (Å²) in [6, 6.07) is 18.5. The predicted molar refractivity (Wildman–Crippen MR) is 140 cm³/mol. The molecule has 0 spiro atoms. The van der Waals surface area contributed by atoms with Gasteiger partial charge in [0.25, 0.3) is 0 Å². The zero-order chi connectivity index (χ0) is 26.7. The molecule has 5 nitrogen and oxygen atoms in total. The van der Waals surface area contributed by atoms with E-state index in [1.54, 1.807) is 24.8 Å². The van der Waals surface area contributed by atoms with Crippen molar-refractivity contribution in [3.8, 4) is 0 Å². The molecule has 0 bridgehead atoms. The number of carboxylic acids is 1. The minimum Gasteiger partial charge on any atom is -0.481 e. The van der Waals surface area contributed by atoms with Crippen LogP contribution in [0.25, 0.3) is 10.8 Å². The molecule has 37 heavy (non-hydrogen) atoms. The van der Waals surface area contributed by atoms with Gasteiger partial charge in [0, 0.05) is 38.0 Å². The van der Waals surface area contributed by atoms with Gasteiger partial charge in [-0.25, -0.2) is 8.78 Å². The van der Waals surface area contributed by atoms with Crippen molar-refractivity contribution in [1.29, 1.82) is 0 Å². The average molecular weight is 509 g/mol. The number of nitrogens with zero attached hydrogens (tertiary/aromatic N) is 1. The number of nitrogens with one attached hydrogen (secondary N) is 1. The largest absolute Gasteiger partial charge is 0.481 e. The Hall–Kier alpha value is -3.32. The maximum absolute atomic E-state index is 14.8. The summed E-state index contributed by atoms with van der Waals surface area (Å²) in [7, 11) is 0. The molecule has 1 saturated heterocycles. The predicted octanol–water partition coefficient (Wildman–Crippen LogP) is 5.90. The number of hydrogen-bond acceptors (Lipinski definition) is 3. The first-order chi connectivity index (χ1) is 17.6. The van der Waals surface area contributed by atoms with Crippen LogP contribution < -0.4 is 5.32 Å². The minimum absolute atomic E-state index is 0.00484. The van der Waals surface area contributed by atoms with Gasteiger partial charge in [-0.2, -0.15) is 0 Å². The molecule has 2 N–H and O–H groups in total. The topological polar surface area (TPSA) is 69.6 Å². The highest BCUT2D eigenvalue weighted by Gasteiger charge is 2.38. The molecule has 3 atom stereocenters. The molecule has 1 amide bonds. The SMILES string of the molecule is C[C@@H](NC[C@@H]1CN(C(=O)CCC(C)(C)C(=O)O)C[C@@H]1c1cccc(F)c1F)c1cccc2ccccc12. The van der Waals surface area contributed by atoms with Crippen molar-refractivity contribution in [2.24, 2.45) is 11.3 Å². The van der Waals surface area contributed by atoms with Gasteiger partial charge in [0.15, 0.2) is 11.6 Å². The molecule has 4 rings (SSSR count). The summed E-state index contributed by atoms with van der Waals surface area (Å²) in [6.45, 7) is 6.43. The monoisotopic (exact) mass is 508 g/mol. The van der Waals surface area contributed by atoms with Crippen LogP contribution in [0.5, 0.6) is 0 Å². The number of likely N-dealkylation sites (tertiary alicyclic amines) is 1. The summed E-state index contributed by atoms with van der Waals surface area (Å²) in [5.74, 6) is -3.40. The average Bonchev–Trinajstić information content (AvgIpc) is 3.31. The number of carboxylic acid groups (broad SMARTS) is 1. The van der Waals surface area contributed by atoms with Crippen molar-refractivity contribution >= 4 is 22.6 Å². The second kappa shape index (κ2) is 11.0. The third-order valence-electron chi connectivity index (χ3n) is 7.69. The quantitative estimate of drug-likeness (QED) is 0.378. The lowest BCUT2D eigenvalue weighted by Crippen LogP contribution is -2.33. The number of carbonyl (C=O) groups is 2. The van der Waals surface area contributed by atoms with E-state index in [1.807, 2.05) is 18.2 Å². The van der Waals surface area contributed by atoms with Crippen LogP contribution in [0.2, 0.25) is 0 Å². The second-order valence-electron chi connectivity index (χ2n) is 10.7. The Morgan fingerprint density at radius 3 is 2.51 bits per heavy atom. The van der Waals surface area contributed by atoms with Crippen molar-refractivity contribution in [1.82, 2.24) is 10.2 Å². The van der Waals surface area contributed by atoms with Gasteiger partial charge in [0.05, 0.1) is 5.41 Å². The third-order valence-corrected chi connectivity index (χ3v) is 7.69. The third kappa shape index (κ3) is 5.82. The van der Waals surface area contributed by atoms with Gasteiger partial charge in [0.2, 0.25) is 5.91 Å². The first-order valence-corrected chi connectivity index (χ1v) is 12.7. The molecule has 0 saturated carbocycles. The molecular weight excluding hydrogens is 474 g/mol. The normalized spacial score (nSPS) is 18.8. The summed E-state index contributed by atoms with van der Waals surface area (Å²) < 4.78 is 28.9. The van der Waals surface area contributed by atoms with Crippen LogP contribution in [0.3, 0.4) is 0 Å². The summed E-state index contributed by atoms with van der Waals surface area (Å²) in [4.78, 5) is 26.2. The Morgan fingerprint density at radius 1 is 1.05 bits per heavy atom. The maximum atomic E-state index is 14.8. The van der Waals surface area contributed by atoms with Gasteiger partial charge in [-0.1, -0.05) is 54.6 Å². The molecule has 1 aliphatic rings. The molecule has 196 valence electrons. The van der Waals surface area contributed by atoms with E-state index in [2.05, 4.69) is 36.5 Å². The second-order valence-corrected chi connectivity index (χ2v) is 10.7. The number of amides is 1. The Kier molecular flexibility index (Phi) is 7.93. The molecule has 1 fully saturated rings. The number of halogens is 2. The number of rotatable bonds is 9. The fraction of sp³-hybridized carbons (Fsp3) is 0.400. The fourth-order valence-corrected chi connectivity index (χ4v) is 5.19. The van der Waals surface area contributed by atoms with E-state index in [-0.39, 0.29) is 48.7 Å². The highest BCUT2D eigenvalue weighted by atomic mass is 19.2. The van der Waals surface area contributed by atoms with Crippen LogP contribution in [0.4, 0.5) is 8.78 Å². The summed E-state index contributed by atoms with van der Waals surface area (Å²) in [6.07, 6.45) is 0.294. The van der Waals surface area contributed by atoms with Crippen molar-refractivity contribution in [2.45, 2.75) is 45.6 Å². The van der Waals surface area contributed by atoms with E-state index in [1.165, 1.54) is 6.07 Å². The number of fused-ring (bicyclic) bond motifs is 1. The van der Waals surface area contributed by atoms with E-state index in [0.29, 0.717) is 13.1 Å². The standard InChI is InChI=1S/C30H34F2N2O3/c1-19(22-11-6-9-20-8-4-5-10-23(20)22)33-16-21-17-34(27(35)14-15-30(2,3)29(36)37)18-25(21)24-12-7-13-26(31)28(24)32/h4-13,19,21,25,33H,14-18H2,1-3H3,(H,36,37)/t19-,21-,25+/m1/s1. The summed E-state index contributed by atoms with van der Waals surface area (Å²) >= 11 is 0. The molecule has 0 aromatic heterocycles. The van der Waals surface area contributed by atoms with Crippen molar-refractivity contribution in [3.05, 3.63) is 83.4 Å². The van der Waals surface area contributed by atoms with Gasteiger partial charge in [-0.15, -0.1) is 0 Å². The first kappa shape index (κ1) is 26.7. The van der Waals surface area contributed by atoms with Gasteiger partial charge in [-0.3, -0.25) is 9.59 Å². The summed E-state index contributed by atoms with van der Waals surface area (Å²) in [5.41, 5.74) is 0.400. The van der Waals surface area contributed by atoms with Crippen molar-refractivity contribution in [2.75, 3.05) is 19.6 Å². The molecule has 3 aromatic rings. The fourth-order valence-electron chi connectivity index (χ4n) is 5.19. The van der Waals surface area contributed by atoms with Gasteiger partial charge < -0.3 is 15.3 Å². The number of benzene rings is 3.